The van der Waals surface area contributed by atoms with Crippen LogP contribution in [0.25, 0.3) is 0 Å². The molecule has 2 unspecified atom stereocenters. The quantitative estimate of drug-likeness (QED) is 0.0211. The largest absolute Gasteiger partial charge is 0.472 e. The fourth-order valence-corrected chi connectivity index (χ4v) is 14.7. The monoisotopic (exact) mass is 1460 g/mol. The molecule has 102 heavy (non-hydrogen) atoms. The van der Waals surface area contributed by atoms with E-state index in [0.717, 1.165) is 51.4 Å². The van der Waals surface area contributed by atoms with Crippen LogP contribution in [0.3, 0.4) is 0 Å². The Morgan fingerprint density at radius 2 is 0.529 bits per heavy atom. The number of unbranched alkanes of at least 4 members (excludes halogenated alkanes) is 64. The molecule has 0 aromatic carbocycles. The molecule has 0 fully saturated rings. The van der Waals surface area contributed by atoms with E-state index in [1.807, 2.05) is 21.1 Å². The van der Waals surface area contributed by atoms with Gasteiger partial charge in [-0.2, -0.15) is 0 Å². The van der Waals surface area contributed by atoms with Gasteiger partial charge in [0.2, 0.25) is 0 Å². The number of carbonyl (C=O) groups is 2. The van der Waals surface area contributed by atoms with E-state index < -0.39 is 26.5 Å². The molecule has 0 saturated heterocycles. The molecule has 0 aliphatic heterocycles. The molecule has 2 atom stereocenters. The Hall–Kier alpha value is -2.03. The summed E-state index contributed by atoms with van der Waals surface area (Å²) in [6.07, 6.45) is 112. The first kappa shape index (κ1) is 100.0. The second kappa shape index (κ2) is 83.0. The van der Waals surface area contributed by atoms with Crippen LogP contribution in [0.4, 0.5) is 0 Å². The maximum absolute atomic E-state index is 12.9. The first-order valence-electron chi connectivity index (χ1n) is 45.4. The molecular weight excluding hydrogens is 1280 g/mol. The molecule has 10 heteroatoms. The van der Waals surface area contributed by atoms with Crippen molar-refractivity contribution in [2.24, 2.45) is 0 Å². The summed E-state index contributed by atoms with van der Waals surface area (Å²) in [6.45, 7) is 4.50. The van der Waals surface area contributed by atoms with Crippen molar-refractivity contribution in [2.45, 2.75) is 482 Å². The maximum atomic E-state index is 12.9. The number of carbonyl (C=O) groups excluding carboxylic acids is 2. The molecule has 0 aliphatic carbocycles. The van der Waals surface area contributed by atoms with E-state index in [-0.39, 0.29) is 25.6 Å². The van der Waals surface area contributed by atoms with Gasteiger partial charge >= 0.3 is 19.8 Å². The number of quaternary nitrogens is 1. The van der Waals surface area contributed by atoms with E-state index in [1.165, 1.54) is 398 Å². The summed E-state index contributed by atoms with van der Waals surface area (Å²) in [5.74, 6) is -0.768. The minimum Gasteiger partial charge on any atom is -0.462 e. The predicted octanol–water partition coefficient (Wildman–Crippen LogP) is 30.6. The summed E-state index contributed by atoms with van der Waals surface area (Å²) in [6, 6.07) is 0. The molecule has 0 spiro atoms. The van der Waals surface area contributed by atoms with Gasteiger partial charge in [0.05, 0.1) is 27.7 Å². The lowest BCUT2D eigenvalue weighted by Gasteiger charge is -2.24. The first-order chi connectivity index (χ1) is 50.0. The zero-order valence-electron chi connectivity index (χ0n) is 69.1. The molecule has 0 aromatic rings. The highest BCUT2D eigenvalue weighted by atomic mass is 31.2. The van der Waals surface area contributed by atoms with Gasteiger partial charge in [-0.15, -0.1) is 0 Å². The van der Waals surface area contributed by atoms with Gasteiger partial charge in [-0.3, -0.25) is 18.6 Å². The van der Waals surface area contributed by atoms with E-state index in [9.17, 15) is 19.0 Å². The lowest BCUT2D eigenvalue weighted by atomic mass is 10.0. The number of rotatable bonds is 86. The number of hydrogen-bond acceptors (Lipinski definition) is 7. The van der Waals surface area contributed by atoms with Crippen molar-refractivity contribution in [1.82, 2.24) is 0 Å². The molecule has 0 aliphatic rings. The normalized spacial score (nSPS) is 13.1. The predicted molar refractivity (Wildman–Crippen MR) is 446 cm³/mol. The Bertz CT molecular complexity index is 1860. The Balaban J connectivity index is 3.83. The number of nitrogens with zero attached hydrogens (tertiary/aromatic N) is 1. The van der Waals surface area contributed by atoms with Crippen molar-refractivity contribution in [2.75, 3.05) is 47.5 Å². The van der Waals surface area contributed by atoms with Crippen LogP contribution in [0.15, 0.2) is 48.6 Å². The van der Waals surface area contributed by atoms with Crippen molar-refractivity contribution in [3.63, 3.8) is 0 Å². The summed E-state index contributed by atoms with van der Waals surface area (Å²) in [5, 5.41) is 0. The van der Waals surface area contributed by atoms with Crippen LogP contribution < -0.4 is 0 Å². The van der Waals surface area contributed by atoms with Gasteiger partial charge in [0.15, 0.2) is 6.10 Å². The number of likely N-dealkylation sites (N-methyl/N-ethyl adjacent to an activating group) is 1. The van der Waals surface area contributed by atoms with Gasteiger partial charge < -0.3 is 18.9 Å². The maximum Gasteiger partial charge on any atom is 0.472 e. The van der Waals surface area contributed by atoms with Crippen LogP contribution in [-0.4, -0.2) is 74.9 Å². The number of phosphoric acid groups is 1. The molecule has 0 bridgehead atoms. The van der Waals surface area contributed by atoms with E-state index in [4.69, 9.17) is 18.5 Å². The minimum atomic E-state index is -4.40. The zero-order chi connectivity index (χ0) is 74.0. The van der Waals surface area contributed by atoms with Crippen molar-refractivity contribution >= 4 is 19.8 Å². The molecule has 0 aromatic heterocycles. The van der Waals surface area contributed by atoms with Crippen molar-refractivity contribution in [3.05, 3.63) is 48.6 Å². The summed E-state index contributed by atoms with van der Waals surface area (Å²) in [5.41, 5.74) is 0. The summed E-state index contributed by atoms with van der Waals surface area (Å²) in [4.78, 5) is 36.1. The lowest BCUT2D eigenvalue weighted by Crippen LogP contribution is -2.37. The van der Waals surface area contributed by atoms with Crippen LogP contribution in [0.2, 0.25) is 0 Å². The van der Waals surface area contributed by atoms with Gasteiger partial charge in [0.25, 0.3) is 0 Å². The summed E-state index contributed by atoms with van der Waals surface area (Å²) in [7, 11) is 1.51. The second-order valence-corrected chi connectivity index (χ2v) is 33.8. The molecule has 602 valence electrons. The van der Waals surface area contributed by atoms with Crippen LogP contribution in [0.1, 0.15) is 476 Å². The van der Waals surface area contributed by atoms with Gasteiger partial charge in [-0.05, 0) is 77.0 Å². The third-order valence-corrected chi connectivity index (χ3v) is 21.8. The Labute approximate surface area is 636 Å². The highest BCUT2D eigenvalue weighted by Crippen LogP contribution is 2.43. The van der Waals surface area contributed by atoms with Gasteiger partial charge in [0.1, 0.15) is 19.8 Å². The number of esters is 2. The SMILES string of the molecule is CCCCCCC/C=C\C/C=C\CCCCCCCCCCCCCCCCCCCCCCCCCCCCCC(=O)OCC(COP(=O)(O)OCC[N+](C)(C)C)OC(=O)CCCCCCCCCCCCCCCCCCCCCCCCCCCCC/C=C\C/C=C\CCCCCCC. The Kier molecular flexibility index (Phi) is 81.4. The van der Waals surface area contributed by atoms with Crippen LogP contribution >= 0.6 is 7.82 Å². The minimum absolute atomic E-state index is 0.0356. The van der Waals surface area contributed by atoms with Crippen molar-refractivity contribution in [1.29, 1.82) is 0 Å². The number of allylic oxidation sites excluding steroid dienone is 8. The zero-order valence-corrected chi connectivity index (χ0v) is 70.0. The average Bonchev–Trinajstić information content (AvgIpc) is 0.935. The van der Waals surface area contributed by atoms with Crippen LogP contribution in [0.5, 0.6) is 0 Å². The van der Waals surface area contributed by atoms with E-state index in [2.05, 4.69) is 62.5 Å². The highest BCUT2D eigenvalue weighted by Gasteiger charge is 2.27. The smallest absolute Gasteiger partial charge is 0.462 e. The molecule has 0 heterocycles. The molecule has 0 amide bonds. The number of hydrogen-bond donors (Lipinski definition) is 1. The van der Waals surface area contributed by atoms with Gasteiger partial charge in [-0.25, -0.2) is 4.57 Å². The molecular formula is C92H177NO8P+. The van der Waals surface area contributed by atoms with Gasteiger partial charge in [0, 0.05) is 12.8 Å². The number of phosphoric ester groups is 1. The fourth-order valence-electron chi connectivity index (χ4n) is 13.9. The molecule has 0 radical (unpaired) electrons. The third kappa shape index (κ3) is 86.9. The second-order valence-electron chi connectivity index (χ2n) is 32.3. The summed E-state index contributed by atoms with van der Waals surface area (Å²) >= 11 is 0. The standard InChI is InChI=1S/C92H176NO8P/c1-6-8-10-12-14-16-18-20-22-24-26-28-30-32-34-36-38-40-42-44-46-48-50-52-54-56-58-60-62-64-66-68-70-72-74-76-78-80-82-84-91(94)98-88-90(89-100-102(96,97)99-87-86-93(3,4)5)101-92(95)85-83-81-79-77-75-73-71-69-67-65-63-61-59-57-55-53-51-49-47-45-43-41-39-37-35-33-31-29-27-25-23-21-19-17-15-13-11-9-7-2/h18-21,24-27,90H,6-17,22-23,28-89H2,1-5H3/p+1/b20-18-,21-19-,26-24-,27-25-. The highest BCUT2D eigenvalue weighted by molar-refractivity contribution is 7.47. The first-order valence-corrected chi connectivity index (χ1v) is 46.9. The average molecular weight is 1460 g/mol. The van der Waals surface area contributed by atoms with Crippen LogP contribution in [0, 0.1) is 0 Å². The molecule has 1 N–H and O–H groups in total. The third-order valence-electron chi connectivity index (χ3n) is 20.8. The summed E-state index contributed by atoms with van der Waals surface area (Å²) < 4.78 is 34.9. The fraction of sp³-hybridized carbons (Fsp3) is 0.891. The molecule has 0 rings (SSSR count). The van der Waals surface area contributed by atoms with Gasteiger partial charge in [-0.1, -0.05) is 435 Å². The van der Waals surface area contributed by atoms with E-state index in [0.29, 0.717) is 17.4 Å². The Morgan fingerprint density at radius 1 is 0.304 bits per heavy atom. The molecule has 9 nitrogen and oxygen atoms in total. The molecule has 0 saturated carbocycles. The van der Waals surface area contributed by atoms with Crippen molar-refractivity contribution < 1.29 is 42.1 Å². The van der Waals surface area contributed by atoms with Crippen LogP contribution in [-0.2, 0) is 32.7 Å². The Morgan fingerprint density at radius 3 is 0.775 bits per heavy atom. The van der Waals surface area contributed by atoms with E-state index >= 15 is 0 Å². The lowest BCUT2D eigenvalue weighted by molar-refractivity contribution is -0.870. The van der Waals surface area contributed by atoms with Crippen molar-refractivity contribution in [3.8, 4) is 0 Å². The topological polar surface area (TPSA) is 108 Å². The van der Waals surface area contributed by atoms with E-state index in [1.54, 1.807) is 0 Å². The number of ether oxygens (including phenoxy) is 2.